The number of benzene rings is 2. The SMILES string of the molecule is Cc1ccc(-c2cc(C)c3c(N)ncnn23)cc1C(=O)Nc1cn(Cc2ccc(F)cc2)cn1. The number of amides is 1. The van der Waals surface area contributed by atoms with Crippen molar-refractivity contribution in [3.05, 3.63) is 95.5 Å². The number of hydrogen-bond donors (Lipinski definition) is 2. The molecule has 0 bridgehead atoms. The number of carbonyl (C=O) groups is 1. The van der Waals surface area contributed by atoms with Crippen LogP contribution < -0.4 is 11.1 Å². The number of anilines is 2. The summed E-state index contributed by atoms with van der Waals surface area (Å²) in [6.45, 7) is 4.35. The summed E-state index contributed by atoms with van der Waals surface area (Å²) < 4.78 is 16.7. The number of hydrogen-bond acceptors (Lipinski definition) is 5. The summed E-state index contributed by atoms with van der Waals surface area (Å²) >= 11 is 0. The Morgan fingerprint density at radius 1 is 1.06 bits per heavy atom. The molecule has 0 aliphatic rings. The number of rotatable bonds is 5. The van der Waals surface area contributed by atoms with Gasteiger partial charge in [-0.25, -0.2) is 18.9 Å². The molecule has 5 rings (SSSR count). The van der Waals surface area contributed by atoms with Crippen molar-refractivity contribution in [3.8, 4) is 11.3 Å². The van der Waals surface area contributed by atoms with Crippen molar-refractivity contribution in [2.75, 3.05) is 11.1 Å². The minimum absolute atomic E-state index is 0.266. The first-order valence-electron chi connectivity index (χ1n) is 10.7. The van der Waals surface area contributed by atoms with Gasteiger partial charge in [0.05, 0.1) is 12.0 Å². The number of fused-ring (bicyclic) bond motifs is 1. The maximum Gasteiger partial charge on any atom is 0.257 e. The lowest BCUT2D eigenvalue weighted by atomic mass is 10.0. The molecule has 9 heteroatoms. The third-order valence-electron chi connectivity index (χ3n) is 5.70. The number of aryl methyl sites for hydroxylation is 2. The number of halogens is 1. The van der Waals surface area contributed by atoms with Gasteiger partial charge in [0, 0.05) is 23.9 Å². The molecule has 5 aromatic rings. The van der Waals surface area contributed by atoms with Crippen molar-refractivity contribution in [1.82, 2.24) is 24.1 Å². The van der Waals surface area contributed by atoms with E-state index in [1.807, 2.05) is 42.7 Å². The number of carbonyl (C=O) groups excluding carboxylic acids is 1. The number of nitrogens with one attached hydrogen (secondary N) is 1. The summed E-state index contributed by atoms with van der Waals surface area (Å²) in [7, 11) is 0. The number of aromatic nitrogens is 5. The maximum atomic E-state index is 13.1. The van der Waals surface area contributed by atoms with Gasteiger partial charge in [0.1, 0.15) is 17.7 Å². The summed E-state index contributed by atoms with van der Waals surface area (Å²) in [6, 6.07) is 13.9. The Kier molecular flexibility index (Phi) is 5.29. The Labute approximate surface area is 194 Å². The van der Waals surface area contributed by atoms with E-state index in [1.54, 1.807) is 29.2 Å². The second-order valence-corrected chi connectivity index (χ2v) is 8.16. The standard InChI is InChI=1S/C25H22FN7O/c1-15-3-6-18(21-9-16(2)23-24(27)28-13-30-33(21)23)10-20(15)25(34)31-22-12-32(14-29-22)11-17-4-7-19(26)8-5-17/h3-10,12-14H,11H2,1-2H3,(H,31,34)(H2,27,28,30). The quantitative estimate of drug-likeness (QED) is 0.413. The highest BCUT2D eigenvalue weighted by Gasteiger charge is 2.16. The third kappa shape index (κ3) is 3.99. The molecule has 3 N–H and O–H groups in total. The van der Waals surface area contributed by atoms with Crippen LogP contribution in [0.15, 0.2) is 67.4 Å². The molecular formula is C25H22FN7O. The fourth-order valence-corrected chi connectivity index (χ4v) is 3.98. The molecule has 8 nitrogen and oxygen atoms in total. The van der Waals surface area contributed by atoms with Gasteiger partial charge in [0.25, 0.3) is 5.91 Å². The molecule has 0 spiro atoms. The van der Waals surface area contributed by atoms with Crippen molar-refractivity contribution in [2.24, 2.45) is 0 Å². The zero-order valence-corrected chi connectivity index (χ0v) is 18.7. The molecule has 170 valence electrons. The average molecular weight is 455 g/mol. The molecule has 0 unspecified atom stereocenters. The van der Waals surface area contributed by atoms with Crippen LogP contribution >= 0.6 is 0 Å². The van der Waals surface area contributed by atoms with E-state index in [2.05, 4.69) is 20.4 Å². The first-order valence-corrected chi connectivity index (χ1v) is 10.7. The Morgan fingerprint density at radius 2 is 1.85 bits per heavy atom. The smallest absolute Gasteiger partial charge is 0.257 e. The van der Waals surface area contributed by atoms with Crippen molar-refractivity contribution < 1.29 is 9.18 Å². The van der Waals surface area contributed by atoms with E-state index in [9.17, 15) is 9.18 Å². The van der Waals surface area contributed by atoms with Gasteiger partial charge in [0.15, 0.2) is 11.6 Å². The molecule has 0 fully saturated rings. The van der Waals surface area contributed by atoms with Gasteiger partial charge >= 0.3 is 0 Å². The van der Waals surface area contributed by atoms with Crippen molar-refractivity contribution in [3.63, 3.8) is 0 Å². The Bertz CT molecular complexity index is 1520. The van der Waals surface area contributed by atoms with E-state index in [-0.39, 0.29) is 11.7 Å². The van der Waals surface area contributed by atoms with Crippen LogP contribution in [0.1, 0.15) is 27.0 Å². The largest absolute Gasteiger partial charge is 0.382 e. The van der Waals surface area contributed by atoms with E-state index in [0.29, 0.717) is 23.7 Å². The van der Waals surface area contributed by atoms with Gasteiger partial charge in [-0.05, 0) is 54.8 Å². The second-order valence-electron chi connectivity index (χ2n) is 8.16. The van der Waals surface area contributed by atoms with Crippen molar-refractivity contribution in [2.45, 2.75) is 20.4 Å². The molecule has 1 amide bonds. The lowest BCUT2D eigenvalue weighted by Crippen LogP contribution is -2.14. The van der Waals surface area contributed by atoms with Gasteiger partial charge in [-0.3, -0.25) is 4.79 Å². The van der Waals surface area contributed by atoms with E-state index in [1.165, 1.54) is 18.5 Å². The van der Waals surface area contributed by atoms with Gasteiger partial charge in [-0.15, -0.1) is 0 Å². The molecule has 0 atom stereocenters. The topological polar surface area (TPSA) is 103 Å². The van der Waals surface area contributed by atoms with E-state index in [0.717, 1.165) is 33.5 Å². The Balaban J connectivity index is 1.39. The predicted molar refractivity (Wildman–Crippen MR) is 128 cm³/mol. The minimum Gasteiger partial charge on any atom is -0.382 e. The molecule has 0 saturated carbocycles. The lowest BCUT2D eigenvalue weighted by Gasteiger charge is -2.09. The number of nitrogens with zero attached hydrogens (tertiary/aromatic N) is 5. The highest BCUT2D eigenvalue weighted by molar-refractivity contribution is 6.05. The van der Waals surface area contributed by atoms with E-state index in [4.69, 9.17) is 5.73 Å². The fourth-order valence-electron chi connectivity index (χ4n) is 3.98. The first-order chi connectivity index (χ1) is 16.4. The van der Waals surface area contributed by atoms with Crippen LogP contribution in [0.25, 0.3) is 16.8 Å². The molecule has 3 aromatic heterocycles. The average Bonchev–Trinajstić information content (AvgIpc) is 3.40. The molecule has 0 aliphatic heterocycles. The highest BCUT2D eigenvalue weighted by atomic mass is 19.1. The van der Waals surface area contributed by atoms with Crippen LogP contribution in [-0.2, 0) is 6.54 Å². The summed E-state index contributed by atoms with van der Waals surface area (Å²) in [4.78, 5) is 21.4. The molecule has 34 heavy (non-hydrogen) atoms. The summed E-state index contributed by atoms with van der Waals surface area (Å²) in [5, 5.41) is 7.20. The lowest BCUT2D eigenvalue weighted by molar-refractivity contribution is 0.102. The zero-order valence-electron chi connectivity index (χ0n) is 18.7. The summed E-state index contributed by atoms with van der Waals surface area (Å²) in [6.07, 6.45) is 4.78. The van der Waals surface area contributed by atoms with E-state index < -0.39 is 0 Å². The van der Waals surface area contributed by atoms with Gasteiger partial charge < -0.3 is 15.6 Å². The fraction of sp³-hybridized carbons (Fsp3) is 0.120. The summed E-state index contributed by atoms with van der Waals surface area (Å²) in [5.41, 5.74) is 11.7. The summed E-state index contributed by atoms with van der Waals surface area (Å²) in [5.74, 6) is 0.290. The van der Waals surface area contributed by atoms with Crippen LogP contribution in [0.4, 0.5) is 16.0 Å². The van der Waals surface area contributed by atoms with Crippen LogP contribution in [0.2, 0.25) is 0 Å². The number of nitrogen functional groups attached to an aromatic ring is 1. The van der Waals surface area contributed by atoms with Crippen LogP contribution in [0, 0.1) is 19.7 Å². The number of nitrogens with two attached hydrogens (primary N) is 1. The normalized spacial score (nSPS) is 11.1. The molecule has 2 aromatic carbocycles. The van der Waals surface area contributed by atoms with Crippen LogP contribution in [-0.4, -0.2) is 30.1 Å². The zero-order chi connectivity index (χ0) is 23.8. The molecule has 3 heterocycles. The molecule has 0 saturated heterocycles. The molecule has 0 radical (unpaired) electrons. The monoisotopic (exact) mass is 455 g/mol. The third-order valence-corrected chi connectivity index (χ3v) is 5.70. The highest BCUT2D eigenvalue weighted by Crippen LogP contribution is 2.28. The Hall–Kier alpha value is -4.53. The predicted octanol–water partition coefficient (Wildman–Crippen LogP) is 4.23. The van der Waals surface area contributed by atoms with Crippen LogP contribution in [0.3, 0.4) is 0 Å². The Morgan fingerprint density at radius 3 is 2.65 bits per heavy atom. The van der Waals surface area contributed by atoms with Crippen LogP contribution in [0.5, 0.6) is 0 Å². The maximum absolute atomic E-state index is 13.1. The second kappa shape index (κ2) is 8.43. The van der Waals surface area contributed by atoms with Gasteiger partial charge in [-0.1, -0.05) is 24.3 Å². The minimum atomic E-state index is -0.279. The first kappa shape index (κ1) is 21.3. The van der Waals surface area contributed by atoms with E-state index >= 15 is 0 Å². The number of imidazole rings is 1. The van der Waals surface area contributed by atoms with Gasteiger partial charge in [-0.2, -0.15) is 5.10 Å². The van der Waals surface area contributed by atoms with Crippen molar-refractivity contribution >= 4 is 23.1 Å². The molecule has 0 aliphatic carbocycles. The van der Waals surface area contributed by atoms with Crippen molar-refractivity contribution in [1.29, 1.82) is 0 Å². The molecular weight excluding hydrogens is 433 g/mol. The van der Waals surface area contributed by atoms with Gasteiger partial charge in [0.2, 0.25) is 0 Å².